The number of amides is 2. The Bertz CT molecular complexity index is 724. The van der Waals surface area contributed by atoms with Gasteiger partial charge in [-0.05, 0) is 42.7 Å². The Morgan fingerprint density at radius 1 is 1.00 bits per heavy atom. The van der Waals surface area contributed by atoms with Crippen molar-refractivity contribution >= 4 is 27.7 Å². The van der Waals surface area contributed by atoms with Crippen molar-refractivity contribution in [1.82, 2.24) is 10.6 Å². The van der Waals surface area contributed by atoms with E-state index >= 15 is 0 Å². The van der Waals surface area contributed by atoms with Crippen LogP contribution in [0.5, 0.6) is 0 Å². The Morgan fingerprint density at radius 3 is 2.16 bits per heavy atom. The summed E-state index contributed by atoms with van der Waals surface area (Å²) in [4.78, 5) is 24.9. The summed E-state index contributed by atoms with van der Waals surface area (Å²) >= 11 is 3.34. The molecule has 4 nitrogen and oxygen atoms in total. The third-order valence-electron chi connectivity index (χ3n) is 3.93. The van der Waals surface area contributed by atoms with Gasteiger partial charge in [-0.3, -0.25) is 9.59 Å². The van der Waals surface area contributed by atoms with Crippen molar-refractivity contribution < 1.29 is 9.59 Å². The molecule has 2 aromatic rings. The Balaban J connectivity index is 1.98. The van der Waals surface area contributed by atoms with E-state index in [1.54, 1.807) is 24.3 Å². The van der Waals surface area contributed by atoms with E-state index in [0.717, 1.165) is 10.0 Å². The number of hydrogen-bond acceptors (Lipinski definition) is 2. The zero-order valence-electron chi connectivity index (χ0n) is 14.7. The molecule has 2 amide bonds. The smallest absolute Gasteiger partial charge is 0.251 e. The van der Waals surface area contributed by atoms with Crippen molar-refractivity contribution in [3.05, 3.63) is 69.7 Å². The van der Waals surface area contributed by atoms with E-state index in [0.29, 0.717) is 12.1 Å². The van der Waals surface area contributed by atoms with E-state index < -0.39 is 6.04 Å². The molecule has 25 heavy (non-hydrogen) atoms. The van der Waals surface area contributed by atoms with Crippen LogP contribution in [0, 0.1) is 12.8 Å². The number of hydrogen-bond donors (Lipinski definition) is 2. The zero-order chi connectivity index (χ0) is 18.4. The molecule has 0 aliphatic heterocycles. The number of halogens is 1. The SMILES string of the molecule is Cc1ccc(CNC(=O)[C@@H](NC(=O)c2ccc(Br)cc2)C(C)C)cc1. The first-order valence-electron chi connectivity index (χ1n) is 8.26. The lowest BCUT2D eigenvalue weighted by Crippen LogP contribution is -2.49. The van der Waals surface area contributed by atoms with Crippen molar-refractivity contribution in [2.45, 2.75) is 33.4 Å². The minimum Gasteiger partial charge on any atom is -0.350 e. The fourth-order valence-electron chi connectivity index (χ4n) is 2.37. The molecule has 0 heterocycles. The summed E-state index contributed by atoms with van der Waals surface area (Å²) in [7, 11) is 0. The summed E-state index contributed by atoms with van der Waals surface area (Å²) in [6, 6.07) is 14.5. The molecule has 2 aromatic carbocycles. The van der Waals surface area contributed by atoms with Crippen LogP contribution in [-0.2, 0) is 11.3 Å². The minimum atomic E-state index is -0.582. The second-order valence-electron chi connectivity index (χ2n) is 6.41. The molecule has 0 aliphatic carbocycles. The molecule has 0 unspecified atom stereocenters. The molecule has 132 valence electrons. The van der Waals surface area contributed by atoms with Crippen LogP contribution in [0.1, 0.15) is 35.3 Å². The molecule has 2 rings (SSSR count). The fourth-order valence-corrected chi connectivity index (χ4v) is 2.63. The molecule has 0 radical (unpaired) electrons. The van der Waals surface area contributed by atoms with E-state index in [1.165, 1.54) is 5.56 Å². The summed E-state index contributed by atoms with van der Waals surface area (Å²) in [6.07, 6.45) is 0. The van der Waals surface area contributed by atoms with Crippen LogP contribution in [0.4, 0.5) is 0 Å². The Kier molecular flexibility index (Phi) is 6.76. The van der Waals surface area contributed by atoms with E-state index in [9.17, 15) is 9.59 Å². The number of benzene rings is 2. The number of aryl methyl sites for hydroxylation is 1. The van der Waals surface area contributed by atoms with Crippen molar-refractivity contribution in [3.63, 3.8) is 0 Å². The van der Waals surface area contributed by atoms with Crippen LogP contribution in [-0.4, -0.2) is 17.9 Å². The average molecular weight is 403 g/mol. The number of nitrogens with one attached hydrogen (secondary N) is 2. The van der Waals surface area contributed by atoms with Crippen LogP contribution in [0.25, 0.3) is 0 Å². The summed E-state index contributed by atoms with van der Waals surface area (Å²) < 4.78 is 0.903. The highest BCUT2D eigenvalue weighted by atomic mass is 79.9. The highest BCUT2D eigenvalue weighted by Gasteiger charge is 2.24. The van der Waals surface area contributed by atoms with Gasteiger partial charge >= 0.3 is 0 Å². The van der Waals surface area contributed by atoms with Crippen LogP contribution in [0.2, 0.25) is 0 Å². The summed E-state index contributed by atoms with van der Waals surface area (Å²) in [5.74, 6) is -0.449. The maximum Gasteiger partial charge on any atom is 0.251 e. The van der Waals surface area contributed by atoms with Gasteiger partial charge in [-0.15, -0.1) is 0 Å². The van der Waals surface area contributed by atoms with Gasteiger partial charge in [-0.2, -0.15) is 0 Å². The quantitative estimate of drug-likeness (QED) is 0.770. The standard InChI is InChI=1S/C20H23BrN2O2/c1-13(2)18(23-19(24)16-8-10-17(21)11-9-16)20(25)22-12-15-6-4-14(3)5-7-15/h4-11,13,18H,12H2,1-3H3,(H,22,25)(H,23,24)/t18-/m0/s1. The van der Waals surface area contributed by atoms with Gasteiger partial charge in [0.05, 0.1) is 0 Å². The third kappa shape index (κ3) is 5.71. The van der Waals surface area contributed by atoms with Crippen LogP contribution in [0.15, 0.2) is 53.0 Å². The van der Waals surface area contributed by atoms with Crippen molar-refractivity contribution in [1.29, 1.82) is 0 Å². The molecule has 0 saturated carbocycles. The molecule has 0 fully saturated rings. The lowest BCUT2D eigenvalue weighted by molar-refractivity contribution is -0.124. The lowest BCUT2D eigenvalue weighted by atomic mass is 10.0. The van der Waals surface area contributed by atoms with Gasteiger partial charge in [0.2, 0.25) is 5.91 Å². The maximum atomic E-state index is 12.5. The van der Waals surface area contributed by atoms with Gasteiger partial charge in [0.15, 0.2) is 0 Å². The van der Waals surface area contributed by atoms with Crippen molar-refractivity contribution in [3.8, 4) is 0 Å². The number of carbonyl (C=O) groups is 2. The Hall–Kier alpha value is -2.14. The molecule has 0 spiro atoms. The Labute approximate surface area is 157 Å². The van der Waals surface area contributed by atoms with Gasteiger partial charge in [0.1, 0.15) is 6.04 Å². The van der Waals surface area contributed by atoms with Gasteiger partial charge in [-0.25, -0.2) is 0 Å². The first-order chi connectivity index (χ1) is 11.9. The van der Waals surface area contributed by atoms with Gasteiger partial charge in [0, 0.05) is 16.6 Å². The van der Waals surface area contributed by atoms with E-state index in [1.807, 2.05) is 45.0 Å². The molecular weight excluding hydrogens is 380 g/mol. The first-order valence-corrected chi connectivity index (χ1v) is 9.06. The normalized spacial score (nSPS) is 11.9. The summed E-state index contributed by atoms with van der Waals surface area (Å²) in [5, 5.41) is 5.74. The predicted molar refractivity (Wildman–Crippen MR) is 103 cm³/mol. The van der Waals surface area contributed by atoms with E-state index in [-0.39, 0.29) is 17.7 Å². The fraction of sp³-hybridized carbons (Fsp3) is 0.300. The highest BCUT2D eigenvalue weighted by molar-refractivity contribution is 9.10. The third-order valence-corrected chi connectivity index (χ3v) is 4.46. The van der Waals surface area contributed by atoms with Gasteiger partial charge in [0.25, 0.3) is 5.91 Å². The Morgan fingerprint density at radius 2 is 1.60 bits per heavy atom. The molecule has 0 aromatic heterocycles. The van der Waals surface area contributed by atoms with Crippen LogP contribution < -0.4 is 10.6 Å². The summed E-state index contributed by atoms with van der Waals surface area (Å²) in [6.45, 7) is 6.29. The monoisotopic (exact) mass is 402 g/mol. The van der Waals surface area contributed by atoms with Gasteiger partial charge < -0.3 is 10.6 Å². The maximum absolute atomic E-state index is 12.5. The molecule has 5 heteroatoms. The molecular formula is C20H23BrN2O2. The molecule has 0 aliphatic rings. The summed E-state index contributed by atoms with van der Waals surface area (Å²) in [5.41, 5.74) is 2.73. The van der Waals surface area contributed by atoms with Crippen LogP contribution in [0.3, 0.4) is 0 Å². The highest BCUT2D eigenvalue weighted by Crippen LogP contribution is 2.11. The van der Waals surface area contributed by atoms with Gasteiger partial charge in [-0.1, -0.05) is 59.6 Å². The van der Waals surface area contributed by atoms with Crippen molar-refractivity contribution in [2.24, 2.45) is 5.92 Å². The number of rotatable bonds is 6. The molecule has 2 N–H and O–H groups in total. The number of carbonyl (C=O) groups excluding carboxylic acids is 2. The molecule has 0 saturated heterocycles. The molecule has 1 atom stereocenters. The average Bonchev–Trinajstić information content (AvgIpc) is 2.59. The van der Waals surface area contributed by atoms with E-state index in [2.05, 4.69) is 26.6 Å². The largest absolute Gasteiger partial charge is 0.350 e. The van der Waals surface area contributed by atoms with Crippen LogP contribution >= 0.6 is 15.9 Å². The lowest BCUT2D eigenvalue weighted by Gasteiger charge is -2.22. The van der Waals surface area contributed by atoms with Crippen molar-refractivity contribution in [2.75, 3.05) is 0 Å². The topological polar surface area (TPSA) is 58.2 Å². The minimum absolute atomic E-state index is 0.0163. The molecule has 0 bridgehead atoms. The first kappa shape index (κ1) is 19.2. The predicted octanol–water partition coefficient (Wildman–Crippen LogP) is 3.83. The van der Waals surface area contributed by atoms with E-state index in [4.69, 9.17) is 0 Å². The second-order valence-corrected chi connectivity index (χ2v) is 7.32. The zero-order valence-corrected chi connectivity index (χ0v) is 16.3. The second kappa shape index (κ2) is 8.81.